The first-order chi connectivity index (χ1) is 18.5. The number of imidazole rings is 1. The van der Waals surface area contributed by atoms with E-state index in [1.807, 2.05) is 49.4 Å². The zero-order valence-corrected chi connectivity index (χ0v) is 21.9. The van der Waals surface area contributed by atoms with Crippen molar-refractivity contribution in [3.05, 3.63) is 100 Å². The predicted molar refractivity (Wildman–Crippen MR) is 145 cm³/mol. The summed E-state index contributed by atoms with van der Waals surface area (Å²) in [6.07, 6.45) is 0.807. The maximum absolute atomic E-state index is 13.1. The molecular formula is C29H29N7O2. The molecule has 0 fully saturated rings. The van der Waals surface area contributed by atoms with Crippen LogP contribution in [0.5, 0.6) is 0 Å². The first-order valence-corrected chi connectivity index (χ1v) is 12.6. The number of H-pyrrole nitrogens is 1. The largest absolute Gasteiger partial charge is 0.462 e. The number of hydrogen-bond acceptors (Lipinski definition) is 7. The summed E-state index contributed by atoms with van der Waals surface area (Å²) in [4.78, 5) is 22.8. The fraction of sp³-hybridized carbons (Fsp3) is 0.241. The molecule has 0 unspecified atom stereocenters. The van der Waals surface area contributed by atoms with Gasteiger partial charge in [-0.1, -0.05) is 61.5 Å². The van der Waals surface area contributed by atoms with Crippen LogP contribution in [0.4, 0.5) is 0 Å². The highest BCUT2D eigenvalue weighted by Gasteiger charge is 2.24. The van der Waals surface area contributed by atoms with Crippen LogP contribution in [0.25, 0.3) is 22.3 Å². The van der Waals surface area contributed by atoms with Crippen molar-refractivity contribution in [2.24, 2.45) is 0 Å². The maximum atomic E-state index is 13.1. The molecule has 0 saturated heterocycles. The van der Waals surface area contributed by atoms with Crippen molar-refractivity contribution in [2.45, 2.75) is 40.7 Å². The molecular weight excluding hydrogens is 478 g/mol. The first kappa shape index (κ1) is 25.0. The molecule has 1 N–H and O–H groups in total. The van der Waals surface area contributed by atoms with E-state index in [0.717, 1.165) is 51.4 Å². The second kappa shape index (κ2) is 10.8. The van der Waals surface area contributed by atoms with Crippen molar-refractivity contribution in [3.8, 4) is 0 Å². The van der Waals surface area contributed by atoms with Crippen molar-refractivity contribution in [3.63, 3.8) is 0 Å². The van der Waals surface area contributed by atoms with Crippen LogP contribution < -0.4 is 0 Å². The molecule has 0 bridgehead atoms. The first-order valence-electron chi connectivity index (χ1n) is 12.6. The van der Waals surface area contributed by atoms with Gasteiger partial charge in [-0.15, -0.1) is 5.10 Å². The van der Waals surface area contributed by atoms with Crippen molar-refractivity contribution in [2.75, 3.05) is 6.61 Å². The van der Waals surface area contributed by atoms with Gasteiger partial charge in [0.05, 0.1) is 13.2 Å². The minimum Gasteiger partial charge on any atom is -0.462 e. The van der Waals surface area contributed by atoms with Crippen molar-refractivity contribution >= 4 is 28.3 Å². The van der Waals surface area contributed by atoms with Crippen LogP contribution >= 0.6 is 0 Å². The average Bonchev–Trinajstić information content (AvgIpc) is 3.57. The smallest absolute Gasteiger partial charge is 0.342 e. The van der Waals surface area contributed by atoms with E-state index in [0.29, 0.717) is 12.1 Å². The molecule has 5 rings (SSSR count). The molecule has 5 aromatic rings. The second-order valence-corrected chi connectivity index (χ2v) is 9.00. The lowest BCUT2D eigenvalue weighted by Crippen LogP contribution is -2.11. The third kappa shape index (κ3) is 4.82. The molecule has 9 heteroatoms. The molecule has 192 valence electrons. The SMILES string of the molecule is CCOC(=O)/C(=C(\c1ccccc1)c1ccc(Cn2c(CC)nc3c(C)cc(C)nc32)cc1)c1nnn[nH]1. The van der Waals surface area contributed by atoms with Crippen LogP contribution in [0.2, 0.25) is 0 Å². The number of carbonyl (C=O) groups is 1. The topological polar surface area (TPSA) is 111 Å². The van der Waals surface area contributed by atoms with Gasteiger partial charge in [0.1, 0.15) is 16.9 Å². The molecule has 3 aromatic heterocycles. The Bertz CT molecular complexity index is 1600. The van der Waals surface area contributed by atoms with E-state index in [2.05, 4.69) is 57.2 Å². The van der Waals surface area contributed by atoms with E-state index in [-0.39, 0.29) is 18.0 Å². The zero-order chi connectivity index (χ0) is 26.6. The zero-order valence-electron chi connectivity index (χ0n) is 21.9. The van der Waals surface area contributed by atoms with E-state index in [1.165, 1.54) is 0 Å². The monoisotopic (exact) mass is 507 g/mol. The molecule has 0 radical (unpaired) electrons. The Labute approximate surface area is 220 Å². The number of pyridine rings is 1. The van der Waals surface area contributed by atoms with Gasteiger partial charge in [0.15, 0.2) is 11.5 Å². The number of aryl methyl sites for hydroxylation is 3. The molecule has 9 nitrogen and oxygen atoms in total. The molecule has 38 heavy (non-hydrogen) atoms. The Balaban J connectivity index is 1.60. The minimum absolute atomic E-state index is 0.233. The summed E-state index contributed by atoms with van der Waals surface area (Å²) in [7, 11) is 0. The number of ether oxygens (including phenoxy) is 1. The highest BCUT2D eigenvalue weighted by Crippen LogP contribution is 2.32. The number of rotatable bonds is 8. The molecule has 2 aromatic carbocycles. The molecule has 3 heterocycles. The molecule has 0 aliphatic carbocycles. The van der Waals surface area contributed by atoms with Crippen LogP contribution in [0.1, 0.15) is 53.4 Å². The third-order valence-electron chi connectivity index (χ3n) is 6.37. The molecule has 0 saturated carbocycles. The van der Waals surface area contributed by atoms with Gasteiger partial charge in [0.2, 0.25) is 0 Å². The quantitative estimate of drug-likeness (QED) is 0.239. The number of tetrazole rings is 1. The average molecular weight is 508 g/mol. The Hall–Kier alpha value is -4.66. The second-order valence-electron chi connectivity index (χ2n) is 9.00. The number of nitrogens with zero attached hydrogens (tertiary/aromatic N) is 6. The van der Waals surface area contributed by atoms with Crippen LogP contribution in [0.15, 0.2) is 60.7 Å². The fourth-order valence-corrected chi connectivity index (χ4v) is 4.69. The van der Waals surface area contributed by atoms with Crippen LogP contribution in [-0.2, 0) is 22.5 Å². The number of benzene rings is 2. The van der Waals surface area contributed by atoms with Crippen LogP contribution in [0.3, 0.4) is 0 Å². The number of aromatic amines is 1. The number of aromatic nitrogens is 7. The predicted octanol–water partition coefficient (Wildman–Crippen LogP) is 4.69. The van der Waals surface area contributed by atoms with Gasteiger partial charge in [0, 0.05) is 17.7 Å². The van der Waals surface area contributed by atoms with Crippen molar-refractivity contribution < 1.29 is 9.53 Å². The van der Waals surface area contributed by atoms with E-state index in [1.54, 1.807) is 6.92 Å². The maximum Gasteiger partial charge on any atom is 0.342 e. The summed E-state index contributed by atoms with van der Waals surface area (Å²) < 4.78 is 7.58. The fourth-order valence-electron chi connectivity index (χ4n) is 4.69. The number of carbonyl (C=O) groups excluding carboxylic acids is 1. The number of esters is 1. The number of hydrogen-bond donors (Lipinski definition) is 1. The highest BCUT2D eigenvalue weighted by molar-refractivity contribution is 6.25. The van der Waals surface area contributed by atoms with Gasteiger partial charge < -0.3 is 9.30 Å². The number of fused-ring (bicyclic) bond motifs is 1. The summed E-state index contributed by atoms with van der Waals surface area (Å²) in [5.41, 5.74) is 7.69. The summed E-state index contributed by atoms with van der Waals surface area (Å²) in [6, 6.07) is 19.9. The number of nitrogens with one attached hydrogen (secondary N) is 1. The molecule has 0 spiro atoms. The van der Waals surface area contributed by atoms with E-state index < -0.39 is 5.97 Å². The lowest BCUT2D eigenvalue weighted by Gasteiger charge is -2.15. The summed E-state index contributed by atoms with van der Waals surface area (Å²) >= 11 is 0. The van der Waals surface area contributed by atoms with Gasteiger partial charge >= 0.3 is 5.97 Å². The van der Waals surface area contributed by atoms with Crippen molar-refractivity contribution in [1.29, 1.82) is 0 Å². The standard InChI is InChI=1S/C29H29N7O2/c1-5-23-31-26-18(3)16-19(4)30-28(26)36(23)17-20-12-14-22(15-13-20)24(21-10-8-7-9-11-21)25(29(37)38-6-2)27-32-34-35-33-27/h7-16H,5-6,17H2,1-4H3,(H,32,33,34,35)/b25-24+. The van der Waals surface area contributed by atoms with Crippen LogP contribution in [-0.4, -0.2) is 47.7 Å². The third-order valence-corrected chi connectivity index (χ3v) is 6.37. The van der Waals surface area contributed by atoms with Crippen molar-refractivity contribution in [1.82, 2.24) is 35.2 Å². The van der Waals surface area contributed by atoms with Gasteiger partial charge in [-0.05, 0) is 59.5 Å². The molecule has 0 aliphatic heterocycles. The summed E-state index contributed by atoms with van der Waals surface area (Å²) in [5, 5.41) is 14.1. The Morgan fingerprint density at radius 1 is 0.974 bits per heavy atom. The molecule has 0 atom stereocenters. The van der Waals surface area contributed by atoms with Gasteiger partial charge in [-0.3, -0.25) is 0 Å². The molecule has 0 amide bonds. The van der Waals surface area contributed by atoms with Crippen LogP contribution in [0, 0.1) is 13.8 Å². The Morgan fingerprint density at radius 3 is 2.37 bits per heavy atom. The summed E-state index contributed by atoms with van der Waals surface area (Å²) in [5.74, 6) is 0.751. The van der Waals surface area contributed by atoms with E-state index >= 15 is 0 Å². The van der Waals surface area contributed by atoms with Gasteiger partial charge in [-0.2, -0.15) is 0 Å². The Kier molecular flexibility index (Phi) is 7.08. The Morgan fingerprint density at radius 2 is 1.71 bits per heavy atom. The highest BCUT2D eigenvalue weighted by atomic mass is 16.5. The van der Waals surface area contributed by atoms with E-state index in [4.69, 9.17) is 14.7 Å². The lowest BCUT2D eigenvalue weighted by molar-refractivity contribution is -0.136. The summed E-state index contributed by atoms with van der Waals surface area (Å²) in [6.45, 7) is 8.83. The van der Waals surface area contributed by atoms with Gasteiger partial charge in [0.25, 0.3) is 0 Å². The van der Waals surface area contributed by atoms with E-state index in [9.17, 15) is 4.79 Å². The normalized spacial score (nSPS) is 12.0. The minimum atomic E-state index is -0.497. The van der Waals surface area contributed by atoms with Gasteiger partial charge in [-0.25, -0.2) is 19.9 Å². The molecule has 0 aliphatic rings. The lowest BCUT2D eigenvalue weighted by atomic mass is 9.92.